The average Bonchev–Trinajstić information content (AvgIpc) is 2.47. The highest BCUT2D eigenvalue weighted by molar-refractivity contribution is 7.98. The zero-order valence-corrected chi connectivity index (χ0v) is 14.7. The highest BCUT2D eigenvalue weighted by Gasteiger charge is 1.98. The Morgan fingerprint density at radius 1 is 1.05 bits per heavy atom. The highest BCUT2D eigenvalue weighted by atomic mass is 32.2. The third-order valence-electron chi connectivity index (χ3n) is 3.16. The Hall–Kier alpha value is -1.52. The molecule has 2 aromatic rings. The summed E-state index contributed by atoms with van der Waals surface area (Å²) in [7, 11) is 0. The van der Waals surface area contributed by atoms with Gasteiger partial charge in [-0.05, 0) is 49.3 Å². The van der Waals surface area contributed by atoms with Crippen molar-refractivity contribution in [2.24, 2.45) is 0 Å². The van der Waals surface area contributed by atoms with E-state index in [9.17, 15) is 0 Å². The van der Waals surface area contributed by atoms with E-state index in [2.05, 4.69) is 60.9 Å². The molecule has 2 rings (SSSR count). The molecule has 0 fully saturated rings. The minimum absolute atomic E-state index is 0.682. The fourth-order valence-electron chi connectivity index (χ4n) is 2.13. The van der Waals surface area contributed by atoms with Crippen LogP contribution in [0.15, 0.2) is 48.5 Å². The first kappa shape index (κ1) is 16.8. The zero-order chi connectivity index (χ0) is 15.8. The quantitative estimate of drug-likeness (QED) is 0.600. The van der Waals surface area contributed by atoms with Gasteiger partial charge in [-0.25, -0.2) is 0 Å². The first-order valence-corrected chi connectivity index (χ1v) is 8.94. The van der Waals surface area contributed by atoms with Crippen molar-refractivity contribution in [3.63, 3.8) is 0 Å². The monoisotopic (exact) mass is 330 g/mol. The number of aryl methyl sites for hydroxylation is 2. The Bertz CT molecular complexity index is 626. The molecule has 0 saturated carbocycles. The standard InChI is InChI=1S/C18H22N2S2/c1-14-5-3-7-16(11-14)13-22-10-9-19-18(21)20-17-8-4-6-15(2)12-17/h3-8,11-12H,9-10,13H2,1-2H3,(H2,19,20,21). The number of thioether (sulfide) groups is 1. The summed E-state index contributed by atoms with van der Waals surface area (Å²) in [5.41, 5.74) is 4.96. The Kier molecular flexibility index (Phi) is 6.74. The van der Waals surface area contributed by atoms with Crippen LogP contribution in [0.25, 0.3) is 0 Å². The molecule has 0 aliphatic rings. The number of hydrogen-bond acceptors (Lipinski definition) is 2. The van der Waals surface area contributed by atoms with Gasteiger partial charge in [0.05, 0.1) is 0 Å². The maximum Gasteiger partial charge on any atom is 0.170 e. The van der Waals surface area contributed by atoms with E-state index in [0.29, 0.717) is 5.11 Å². The fourth-order valence-corrected chi connectivity index (χ4v) is 3.15. The van der Waals surface area contributed by atoms with Crippen molar-refractivity contribution >= 4 is 34.8 Å². The summed E-state index contributed by atoms with van der Waals surface area (Å²) in [5, 5.41) is 7.14. The van der Waals surface area contributed by atoms with Crippen molar-refractivity contribution in [1.29, 1.82) is 0 Å². The third kappa shape index (κ3) is 6.08. The molecule has 0 heterocycles. The van der Waals surface area contributed by atoms with Gasteiger partial charge < -0.3 is 10.6 Å². The number of rotatable bonds is 6. The lowest BCUT2D eigenvalue weighted by Gasteiger charge is -2.11. The van der Waals surface area contributed by atoms with Crippen LogP contribution < -0.4 is 10.6 Å². The van der Waals surface area contributed by atoms with Crippen molar-refractivity contribution < 1.29 is 0 Å². The summed E-state index contributed by atoms with van der Waals surface area (Å²) in [6.07, 6.45) is 0. The molecule has 4 heteroatoms. The molecule has 2 N–H and O–H groups in total. The van der Waals surface area contributed by atoms with E-state index in [1.54, 1.807) is 0 Å². The second-order valence-electron chi connectivity index (χ2n) is 5.29. The predicted octanol–water partition coefficient (Wildman–Crippen LogP) is 4.52. The SMILES string of the molecule is Cc1cccc(CSCCNC(=S)Nc2cccc(C)c2)c1. The molecule has 2 aromatic carbocycles. The summed E-state index contributed by atoms with van der Waals surface area (Å²) >= 11 is 7.22. The van der Waals surface area contributed by atoms with Gasteiger partial charge in [-0.2, -0.15) is 11.8 Å². The van der Waals surface area contributed by atoms with Gasteiger partial charge in [0, 0.05) is 23.7 Å². The normalized spacial score (nSPS) is 10.3. The molecule has 116 valence electrons. The summed E-state index contributed by atoms with van der Waals surface area (Å²) in [6.45, 7) is 5.07. The van der Waals surface area contributed by atoms with Crippen LogP contribution in [0.5, 0.6) is 0 Å². The highest BCUT2D eigenvalue weighted by Crippen LogP contribution is 2.13. The van der Waals surface area contributed by atoms with Crippen molar-refractivity contribution in [2.75, 3.05) is 17.6 Å². The van der Waals surface area contributed by atoms with Crippen molar-refractivity contribution in [3.05, 3.63) is 65.2 Å². The van der Waals surface area contributed by atoms with E-state index in [4.69, 9.17) is 12.2 Å². The Labute approximate surface area is 142 Å². The van der Waals surface area contributed by atoms with Crippen LogP contribution in [-0.4, -0.2) is 17.4 Å². The van der Waals surface area contributed by atoms with E-state index in [-0.39, 0.29) is 0 Å². The van der Waals surface area contributed by atoms with Gasteiger partial charge in [0.2, 0.25) is 0 Å². The number of hydrogen-bond donors (Lipinski definition) is 2. The Morgan fingerprint density at radius 2 is 1.77 bits per heavy atom. The van der Waals surface area contributed by atoms with Gasteiger partial charge in [0.25, 0.3) is 0 Å². The van der Waals surface area contributed by atoms with Gasteiger partial charge in [-0.1, -0.05) is 42.0 Å². The number of benzene rings is 2. The first-order valence-electron chi connectivity index (χ1n) is 7.38. The lowest BCUT2D eigenvalue weighted by atomic mass is 10.2. The maximum absolute atomic E-state index is 5.31. The molecule has 2 nitrogen and oxygen atoms in total. The van der Waals surface area contributed by atoms with Gasteiger partial charge >= 0.3 is 0 Å². The Balaban J connectivity index is 1.63. The molecule has 0 spiro atoms. The van der Waals surface area contributed by atoms with Gasteiger partial charge in [0.15, 0.2) is 5.11 Å². The molecule has 22 heavy (non-hydrogen) atoms. The molecular formula is C18H22N2S2. The third-order valence-corrected chi connectivity index (χ3v) is 4.44. The van der Waals surface area contributed by atoms with Crippen LogP contribution in [-0.2, 0) is 5.75 Å². The molecule has 0 aromatic heterocycles. The minimum Gasteiger partial charge on any atom is -0.362 e. The van der Waals surface area contributed by atoms with Crippen molar-refractivity contribution in [1.82, 2.24) is 5.32 Å². The molecule has 0 unspecified atom stereocenters. The van der Waals surface area contributed by atoms with Crippen LogP contribution >= 0.6 is 24.0 Å². The molecule has 0 aliphatic carbocycles. The van der Waals surface area contributed by atoms with Crippen LogP contribution in [0.3, 0.4) is 0 Å². The second-order valence-corrected chi connectivity index (χ2v) is 6.81. The van der Waals surface area contributed by atoms with Gasteiger partial charge in [-0.3, -0.25) is 0 Å². The predicted molar refractivity (Wildman–Crippen MR) is 103 cm³/mol. The summed E-state index contributed by atoms with van der Waals surface area (Å²) in [4.78, 5) is 0. The lowest BCUT2D eigenvalue weighted by Crippen LogP contribution is -2.30. The van der Waals surface area contributed by atoms with Crippen molar-refractivity contribution in [3.8, 4) is 0 Å². The van der Waals surface area contributed by atoms with E-state index in [1.165, 1.54) is 16.7 Å². The van der Waals surface area contributed by atoms with E-state index < -0.39 is 0 Å². The summed E-state index contributed by atoms with van der Waals surface area (Å²) in [5.74, 6) is 2.07. The second kappa shape index (κ2) is 8.81. The molecular weight excluding hydrogens is 308 g/mol. The maximum atomic E-state index is 5.31. The van der Waals surface area contributed by atoms with Crippen molar-refractivity contribution in [2.45, 2.75) is 19.6 Å². The molecule has 0 atom stereocenters. The van der Waals surface area contributed by atoms with Crippen LogP contribution in [0.1, 0.15) is 16.7 Å². The van der Waals surface area contributed by atoms with E-state index in [0.717, 1.165) is 23.7 Å². The summed E-state index contributed by atoms with van der Waals surface area (Å²) < 4.78 is 0. The number of thiocarbonyl (C=S) groups is 1. The van der Waals surface area contributed by atoms with Gasteiger partial charge in [-0.15, -0.1) is 0 Å². The minimum atomic E-state index is 0.682. The zero-order valence-electron chi connectivity index (χ0n) is 13.1. The first-order chi connectivity index (χ1) is 10.6. The smallest absolute Gasteiger partial charge is 0.170 e. The molecule has 0 amide bonds. The summed E-state index contributed by atoms with van der Waals surface area (Å²) in [6, 6.07) is 16.9. The van der Waals surface area contributed by atoms with Crippen LogP contribution in [0.4, 0.5) is 5.69 Å². The van der Waals surface area contributed by atoms with Crippen LogP contribution in [0, 0.1) is 13.8 Å². The largest absolute Gasteiger partial charge is 0.362 e. The molecule has 0 bridgehead atoms. The topological polar surface area (TPSA) is 24.1 Å². The Morgan fingerprint density at radius 3 is 2.50 bits per heavy atom. The van der Waals surface area contributed by atoms with Crippen LogP contribution in [0.2, 0.25) is 0 Å². The van der Waals surface area contributed by atoms with E-state index >= 15 is 0 Å². The fraction of sp³-hybridized carbons (Fsp3) is 0.278. The van der Waals surface area contributed by atoms with E-state index in [1.807, 2.05) is 23.9 Å². The lowest BCUT2D eigenvalue weighted by molar-refractivity contribution is 0.989. The average molecular weight is 331 g/mol. The van der Waals surface area contributed by atoms with Gasteiger partial charge in [0.1, 0.15) is 0 Å². The molecule has 0 aliphatic heterocycles. The number of anilines is 1. The molecule has 0 saturated heterocycles. The molecule has 0 radical (unpaired) electrons. The number of nitrogens with one attached hydrogen (secondary N) is 2.